The second kappa shape index (κ2) is 4.56. The molecule has 0 radical (unpaired) electrons. The van der Waals surface area contributed by atoms with Gasteiger partial charge in [0.15, 0.2) is 0 Å². The van der Waals surface area contributed by atoms with E-state index in [0.717, 1.165) is 12.8 Å². The van der Waals surface area contributed by atoms with Gasteiger partial charge in [-0.2, -0.15) is 5.26 Å². The van der Waals surface area contributed by atoms with Crippen LogP contribution in [0.1, 0.15) is 26.7 Å². The summed E-state index contributed by atoms with van der Waals surface area (Å²) in [6.07, 6.45) is 1.64. The van der Waals surface area contributed by atoms with Crippen LogP contribution in [-0.2, 0) is 4.79 Å². The average molecular weight is 194 g/mol. The van der Waals surface area contributed by atoms with E-state index in [-0.39, 0.29) is 23.5 Å². The minimum Gasteiger partial charge on any atom is -0.317 e. The first kappa shape index (κ1) is 11.2. The fourth-order valence-electron chi connectivity index (χ4n) is 2.16. The van der Waals surface area contributed by atoms with E-state index in [0.29, 0.717) is 6.04 Å². The van der Waals surface area contributed by atoms with E-state index in [1.807, 2.05) is 20.9 Å². The molecule has 3 atom stereocenters. The summed E-state index contributed by atoms with van der Waals surface area (Å²) in [5.74, 6) is 0.167. The third-order valence-corrected chi connectivity index (χ3v) is 3.07. The Bertz CT molecular complexity index is 255. The quantitative estimate of drug-likeness (QED) is 0.737. The van der Waals surface area contributed by atoms with E-state index in [4.69, 9.17) is 5.26 Å². The molecular weight excluding hydrogens is 176 g/mol. The molecule has 1 saturated carbocycles. The van der Waals surface area contributed by atoms with Crippen molar-refractivity contribution in [2.75, 3.05) is 7.05 Å². The summed E-state index contributed by atoms with van der Waals surface area (Å²) in [5.41, 5.74) is 0. The first-order valence-corrected chi connectivity index (χ1v) is 5.20. The standard InChI is InChI=1S/C11H18N2O/c1-7(2)11(14)10-5-9(13-3)4-8(10)6-12/h7-10,13H,4-5H2,1-3H3/t8-,9+,10?/m1/s1. The van der Waals surface area contributed by atoms with Crippen molar-refractivity contribution in [3.05, 3.63) is 0 Å². The van der Waals surface area contributed by atoms with Gasteiger partial charge in [0.25, 0.3) is 0 Å². The van der Waals surface area contributed by atoms with E-state index >= 15 is 0 Å². The lowest BCUT2D eigenvalue weighted by atomic mass is 9.87. The number of hydrogen-bond acceptors (Lipinski definition) is 3. The summed E-state index contributed by atoms with van der Waals surface area (Å²) in [6, 6.07) is 2.59. The molecule has 3 nitrogen and oxygen atoms in total. The lowest BCUT2D eigenvalue weighted by Gasteiger charge is -2.14. The van der Waals surface area contributed by atoms with Crippen LogP contribution in [0.4, 0.5) is 0 Å². The molecule has 78 valence electrons. The molecule has 1 rings (SSSR count). The lowest BCUT2D eigenvalue weighted by molar-refractivity contribution is -0.126. The van der Waals surface area contributed by atoms with Crippen LogP contribution in [0.15, 0.2) is 0 Å². The summed E-state index contributed by atoms with van der Waals surface area (Å²) >= 11 is 0. The first-order valence-electron chi connectivity index (χ1n) is 5.20. The normalized spacial score (nSPS) is 31.8. The van der Waals surface area contributed by atoms with Crippen LogP contribution in [-0.4, -0.2) is 18.9 Å². The Labute approximate surface area is 85.5 Å². The highest BCUT2D eigenvalue weighted by molar-refractivity contribution is 5.83. The van der Waals surface area contributed by atoms with Gasteiger partial charge in [0, 0.05) is 17.9 Å². The van der Waals surface area contributed by atoms with Crippen LogP contribution in [0, 0.1) is 29.1 Å². The number of nitrogens with one attached hydrogen (secondary N) is 1. The molecule has 1 fully saturated rings. The third-order valence-electron chi connectivity index (χ3n) is 3.07. The average Bonchev–Trinajstić information content (AvgIpc) is 2.59. The number of nitriles is 1. The molecule has 0 spiro atoms. The molecule has 3 heteroatoms. The van der Waals surface area contributed by atoms with E-state index in [1.165, 1.54) is 0 Å². The molecule has 14 heavy (non-hydrogen) atoms. The number of hydrogen-bond donors (Lipinski definition) is 1. The molecule has 1 unspecified atom stereocenters. The second-order valence-electron chi connectivity index (χ2n) is 4.36. The van der Waals surface area contributed by atoms with Gasteiger partial charge in [-0.15, -0.1) is 0 Å². The fourth-order valence-corrected chi connectivity index (χ4v) is 2.16. The van der Waals surface area contributed by atoms with E-state index < -0.39 is 0 Å². The molecule has 0 aliphatic heterocycles. The zero-order valence-corrected chi connectivity index (χ0v) is 9.08. The van der Waals surface area contributed by atoms with Gasteiger partial charge in [-0.25, -0.2) is 0 Å². The van der Waals surface area contributed by atoms with Crippen molar-refractivity contribution >= 4 is 5.78 Å². The molecule has 1 aliphatic rings. The van der Waals surface area contributed by atoms with Gasteiger partial charge in [0.05, 0.1) is 12.0 Å². The maximum absolute atomic E-state index is 11.8. The predicted octanol–water partition coefficient (Wildman–Crippen LogP) is 1.35. The van der Waals surface area contributed by atoms with Gasteiger partial charge < -0.3 is 5.32 Å². The molecular formula is C11H18N2O. The van der Waals surface area contributed by atoms with Crippen molar-refractivity contribution < 1.29 is 4.79 Å². The maximum Gasteiger partial charge on any atom is 0.139 e. The van der Waals surface area contributed by atoms with Crippen LogP contribution >= 0.6 is 0 Å². The Morgan fingerprint density at radius 3 is 2.57 bits per heavy atom. The predicted molar refractivity (Wildman–Crippen MR) is 54.5 cm³/mol. The van der Waals surface area contributed by atoms with Crippen molar-refractivity contribution in [3.8, 4) is 6.07 Å². The molecule has 0 aromatic heterocycles. The van der Waals surface area contributed by atoms with Crippen molar-refractivity contribution in [1.82, 2.24) is 5.32 Å². The third kappa shape index (κ3) is 2.13. The van der Waals surface area contributed by atoms with Crippen molar-refractivity contribution in [3.63, 3.8) is 0 Å². The van der Waals surface area contributed by atoms with Crippen LogP contribution in [0.2, 0.25) is 0 Å². The van der Waals surface area contributed by atoms with Gasteiger partial charge in [0.2, 0.25) is 0 Å². The molecule has 0 saturated heterocycles. The summed E-state index contributed by atoms with van der Waals surface area (Å²) in [4.78, 5) is 11.8. The van der Waals surface area contributed by atoms with Crippen LogP contribution in [0.5, 0.6) is 0 Å². The highest BCUT2D eigenvalue weighted by Crippen LogP contribution is 2.33. The number of carbonyl (C=O) groups excluding carboxylic acids is 1. The van der Waals surface area contributed by atoms with Gasteiger partial charge in [0.1, 0.15) is 5.78 Å². The molecule has 1 aliphatic carbocycles. The molecule has 0 aromatic rings. The number of carbonyl (C=O) groups is 1. The van der Waals surface area contributed by atoms with Gasteiger partial charge >= 0.3 is 0 Å². The Hall–Kier alpha value is -0.880. The van der Waals surface area contributed by atoms with Gasteiger partial charge in [-0.3, -0.25) is 4.79 Å². The highest BCUT2D eigenvalue weighted by Gasteiger charge is 2.38. The Morgan fingerprint density at radius 2 is 2.14 bits per heavy atom. The zero-order valence-electron chi connectivity index (χ0n) is 9.08. The maximum atomic E-state index is 11.8. The molecule has 0 heterocycles. The summed E-state index contributed by atoms with van der Waals surface area (Å²) in [6.45, 7) is 3.81. The topological polar surface area (TPSA) is 52.9 Å². The van der Waals surface area contributed by atoms with Crippen molar-refractivity contribution in [2.45, 2.75) is 32.7 Å². The van der Waals surface area contributed by atoms with Crippen LogP contribution in [0.3, 0.4) is 0 Å². The summed E-state index contributed by atoms with van der Waals surface area (Å²) in [7, 11) is 1.89. The summed E-state index contributed by atoms with van der Waals surface area (Å²) in [5, 5.41) is 12.1. The van der Waals surface area contributed by atoms with Crippen molar-refractivity contribution in [2.24, 2.45) is 17.8 Å². The van der Waals surface area contributed by atoms with E-state index in [9.17, 15) is 4.79 Å². The number of rotatable bonds is 3. The zero-order chi connectivity index (χ0) is 10.7. The molecule has 0 bridgehead atoms. The first-order chi connectivity index (χ1) is 6.60. The summed E-state index contributed by atoms with van der Waals surface area (Å²) < 4.78 is 0. The minimum atomic E-state index is -0.0812. The second-order valence-corrected chi connectivity index (χ2v) is 4.36. The SMILES string of the molecule is CN[C@@H]1CC(C(=O)C(C)C)[C@@H](C#N)C1. The highest BCUT2D eigenvalue weighted by atomic mass is 16.1. The van der Waals surface area contributed by atoms with E-state index in [2.05, 4.69) is 11.4 Å². The Balaban J connectivity index is 2.69. The molecule has 1 N–H and O–H groups in total. The van der Waals surface area contributed by atoms with Gasteiger partial charge in [-0.1, -0.05) is 13.8 Å². The smallest absolute Gasteiger partial charge is 0.139 e. The Morgan fingerprint density at radius 1 is 1.50 bits per heavy atom. The number of nitrogens with zero attached hydrogens (tertiary/aromatic N) is 1. The van der Waals surface area contributed by atoms with Gasteiger partial charge in [-0.05, 0) is 19.9 Å². The largest absolute Gasteiger partial charge is 0.317 e. The molecule has 0 aromatic carbocycles. The number of ketones is 1. The lowest BCUT2D eigenvalue weighted by Crippen LogP contribution is -2.24. The fraction of sp³-hybridized carbons (Fsp3) is 0.818. The minimum absolute atomic E-state index is 0.0440. The molecule has 0 amide bonds. The van der Waals surface area contributed by atoms with E-state index in [1.54, 1.807) is 0 Å². The monoisotopic (exact) mass is 194 g/mol. The van der Waals surface area contributed by atoms with Crippen LogP contribution < -0.4 is 5.32 Å². The van der Waals surface area contributed by atoms with Crippen LogP contribution in [0.25, 0.3) is 0 Å². The van der Waals surface area contributed by atoms with Crippen molar-refractivity contribution in [1.29, 1.82) is 5.26 Å². The Kier molecular flexibility index (Phi) is 3.65. The number of Topliss-reactive ketones (excluding diaryl/α,β-unsaturated/α-hetero) is 1.